The molecule has 1 atom stereocenters. The van der Waals surface area contributed by atoms with E-state index in [1.165, 1.54) is 5.57 Å². The van der Waals surface area contributed by atoms with Gasteiger partial charge in [0.1, 0.15) is 0 Å². The number of aromatic nitrogens is 2. The highest BCUT2D eigenvalue weighted by Crippen LogP contribution is 2.18. The van der Waals surface area contributed by atoms with E-state index in [1.54, 1.807) is 0 Å². The summed E-state index contributed by atoms with van der Waals surface area (Å²) in [7, 11) is 1.93. The third kappa shape index (κ3) is 10.0. The van der Waals surface area contributed by atoms with E-state index in [0.29, 0.717) is 0 Å². The minimum atomic E-state index is 0.167. The number of nitrogens with one attached hydrogen (secondary N) is 1. The molecule has 0 amide bonds. The van der Waals surface area contributed by atoms with Crippen molar-refractivity contribution in [2.24, 2.45) is 5.92 Å². The second-order valence-electron chi connectivity index (χ2n) is 5.88. The van der Waals surface area contributed by atoms with Gasteiger partial charge in [-0.25, -0.2) is 14.4 Å². The number of aliphatic hydroxyl groups is 1. The van der Waals surface area contributed by atoms with Crippen molar-refractivity contribution in [3.05, 3.63) is 61.0 Å². The van der Waals surface area contributed by atoms with Gasteiger partial charge >= 0.3 is 0 Å². The van der Waals surface area contributed by atoms with Crippen LogP contribution >= 0.6 is 0 Å². The van der Waals surface area contributed by atoms with E-state index in [9.17, 15) is 4.39 Å². The zero-order valence-electron chi connectivity index (χ0n) is 16.4. The second-order valence-corrected chi connectivity index (χ2v) is 5.88. The maximum Gasteiger partial charge on any atom is 0.154 e. The number of halogens is 1. The Bertz CT molecular complexity index is 592. The van der Waals surface area contributed by atoms with Crippen molar-refractivity contribution in [1.29, 1.82) is 0 Å². The number of allylic oxidation sites excluding steroid dienone is 4. The van der Waals surface area contributed by atoms with Crippen LogP contribution in [-0.2, 0) is 0 Å². The van der Waals surface area contributed by atoms with Gasteiger partial charge in [-0.2, -0.15) is 0 Å². The molecule has 1 aromatic heterocycles. The summed E-state index contributed by atoms with van der Waals surface area (Å²) in [5.74, 6) is 0.981. The number of rotatable bonds is 9. The molecule has 5 heteroatoms. The average Bonchev–Trinajstić information content (AvgIpc) is 2.65. The number of likely N-dealkylation sites (N-methyl/N-ethyl adjacent to an activating group) is 1. The molecular formula is C21H32FN3O. The van der Waals surface area contributed by atoms with Crippen LogP contribution in [0.4, 0.5) is 4.39 Å². The summed E-state index contributed by atoms with van der Waals surface area (Å²) in [6.07, 6.45) is 14.2. The van der Waals surface area contributed by atoms with E-state index in [1.807, 2.05) is 51.5 Å². The first-order valence-corrected chi connectivity index (χ1v) is 8.87. The van der Waals surface area contributed by atoms with E-state index in [0.717, 1.165) is 36.3 Å². The third-order valence-electron chi connectivity index (χ3n) is 3.54. The van der Waals surface area contributed by atoms with Crippen molar-refractivity contribution in [2.45, 2.75) is 33.6 Å². The predicted octanol–water partition coefficient (Wildman–Crippen LogP) is 4.57. The van der Waals surface area contributed by atoms with Crippen LogP contribution in [0.3, 0.4) is 0 Å². The molecule has 0 bridgehead atoms. The van der Waals surface area contributed by atoms with E-state index < -0.39 is 0 Å². The van der Waals surface area contributed by atoms with Gasteiger partial charge in [-0.3, -0.25) is 0 Å². The zero-order valence-corrected chi connectivity index (χ0v) is 16.4. The zero-order chi connectivity index (χ0) is 19.8. The maximum absolute atomic E-state index is 10.1. The van der Waals surface area contributed by atoms with Crippen LogP contribution in [0.5, 0.6) is 0 Å². The van der Waals surface area contributed by atoms with Crippen molar-refractivity contribution in [2.75, 3.05) is 20.2 Å². The number of hydrogen-bond donors (Lipinski definition) is 2. The number of hydrogen-bond acceptors (Lipinski definition) is 4. The number of aliphatic hydroxyl groups excluding tert-OH is 1. The maximum atomic E-state index is 10.1. The highest BCUT2D eigenvalue weighted by Gasteiger charge is 2.05. The van der Waals surface area contributed by atoms with Crippen LogP contribution in [0.2, 0.25) is 0 Å². The third-order valence-corrected chi connectivity index (χ3v) is 3.54. The van der Waals surface area contributed by atoms with Gasteiger partial charge in [0.25, 0.3) is 0 Å². The molecule has 0 radical (unpaired) electrons. The minimum Gasteiger partial charge on any atom is -0.396 e. The molecule has 4 nitrogen and oxygen atoms in total. The van der Waals surface area contributed by atoms with Crippen LogP contribution in [0, 0.1) is 5.92 Å². The smallest absolute Gasteiger partial charge is 0.154 e. The van der Waals surface area contributed by atoms with Gasteiger partial charge in [-0.1, -0.05) is 51.2 Å². The lowest BCUT2D eigenvalue weighted by Crippen LogP contribution is -2.06. The second kappa shape index (κ2) is 15.2. The lowest BCUT2D eigenvalue weighted by molar-refractivity contribution is 0.262. The summed E-state index contributed by atoms with van der Waals surface area (Å²) >= 11 is 0. The largest absolute Gasteiger partial charge is 0.396 e. The summed E-state index contributed by atoms with van der Waals surface area (Å²) in [6, 6.07) is 0. The van der Waals surface area contributed by atoms with Gasteiger partial charge in [0.05, 0.1) is 6.33 Å². The quantitative estimate of drug-likeness (QED) is 0.633. The van der Waals surface area contributed by atoms with Gasteiger partial charge in [0.2, 0.25) is 0 Å². The summed E-state index contributed by atoms with van der Waals surface area (Å²) in [5, 5.41) is 12.1. The van der Waals surface area contributed by atoms with Gasteiger partial charge in [0, 0.05) is 31.1 Å². The van der Waals surface area contributed by atoms with E-state index in [-0.39, 0.29) is 18.9 Å². The van der Waals surface area contributed by atoms with Crippen molar-refractivity contribution >= 4 is 11.1 Å². The van der Waals surface area contributed by atoms with Gasteiger partial charge in [-0.05, 0) is 37.5 Å². The molecule has 2 N–H and O–H groups in total. The molecule has 1 heterocycles. The molecule has 0 spiro atoms. The lowest BCUT2D eigenvalue weighted by Gasteiger charge is -2.06. The fourth-order valence-electron chi connectivity index (χ4n) is 2.04. The molecule has 0 aliphatic heterocycles. The molecule has 0 aliphatic carbocycles. The molecule has 1 aromatic rings. The molecule has 0 saturated carbocycles. The number of nitrogens with zero attached hydrogens (tertiary/aromatic N) is 2. The fraction of sp³-hybridized carbons (Fsp3) is 0.429. The Morgan fingerprint density at radius 3 is 2.50 bits per heavy atom. The van der Waals surface area contributed by atoms with Gasteiger partial charge < -0.3 is 10.4 Å². The van der Waals surface area contributed by atoms with Crippen molar-refractivity contribution in [3.8, 4) is 0 Å². The Kier molecular flexibility index (Phi) is 13.9. The monoisotopic (exact) mass is 361 g/mol. The van der Waals surface area contributed by atoms with E-state index in [2.05, 4.69) is 34.9 Å². The summed E-state index contributed by atoms with van der Waals surface area (Å²) in [4.78, 5) is 9.04. The van der Waals surface area contributed by atoms with Gasteiger partial charge in [0.15, 0.2) is 5.82 Å². The minimum absolute atomic E-state index is 0.167. The summed E-state index contributed by atoms with van der Waals surface area (Å²) in [5.41, 5.74) is 3.31. The van der Waals surface area contributed by atoms with Crippen LogP contribution < -0.4 is 5.32 Å². The SMILES string of the molecule is C=CF.CCC/C(=C\CNC)c1ncc(/C(C)=C/C=C\C(C)CO)cn1. The van der Waals surface area contributed by atoms with Crippen LogP contribution in [0.1, 0.15) is 45.0 Å². The summed E-state index contributed by atoms with van der Waals surface area (Å²) in [6.45, 7) is 9.86. The first-order chi connectivity index (χ1) is 12.5. The predicted molar refractivity (Wildman–Crippen MR) is 109 cm³/mol. The average molecular weight is 362 g/mol. The topological polar surface area (TPSA) is 58.0 Å². The molecule has 1 rings (SSSR count). The van der Waals surface area contributed by atoms with Crippen LogP contribution in [0.15, 0.2) is 49.6 Å². The Morgan fingerprint density at radius 1 is 1.38 bits per heavy atom. The summed E-state index contributed by atoms with van der Waals surface area (Å²) < 4.78 is 10.1. The molecular weight excluding hydrogens is 329 g/mol. The Labute approximate surface area is 157 Å². The van der Waals surface area contributed by atoms with Crippen molar-refractivity contribution < 1.29 is 9.50 Å². The first-order valence-electron chi connectivity index (χ1n) is 8.87. The molecule has 26 heavy (non-hydrogen) atoms. The molecule has 0 saturated heterocycles. The standard InChI is InChI=1S/C19H29N3O.C2H3F/c1-5-7-17(10-11-20-4)19-21-12-18(13-22-19)16(3)9-6-8-15(2)14-23;1-2-3/h6,8-10,12-13,15,20,23H,5,7,11,14H2,1-4H3;2H,1H2/b8-6-,16-9+,17-10+;. The highest BCUT2D eigenvalue weighted by molar-refractivity contribution is 5.65. The molecule has 0 fully saturated rings. The molecule has 0 aromatic carbocycles. The van der Waals surface area contributed by atoms with Gasteiger partial charge in [-0.15, -0.1) is 0 Å². The van der Waals surface area contributed by atoms with E-state index in [4.69, 9.17) is 5.11 Å². The Hall–Kier alpha value is -2.11. The van der Waals surface area contributed by atoms with Crippen molar-refractivity contribution in [3.63, 3.8) is 0 Å². The molecule has 1 unspecified atom stereocenters. The van der Waals surface area contributed by atoms with Crippen LogP contribution in [0.25, 0.3) is 11.1 Å². The molecule has 144 valence electrons. The lowest BCUT2D eigenvalue weighted by atomic mass is 10.1. The Balaban J connectivity index is 0.00000194. The normalized spacial score (nSPS) is 13.3. The Morgan fingerprint density at radius 2 is 2.00 bits per heavy atom. The van der Waals surface area contributed by atoms with Crippen LogP contribution in [-0.4, -0.2) is 35.3 Å². The fourth-order valence-corrected chi connectivity index (χ4v) is 2.04. The van der Waals surface area contributed by atoms with Crippen molar-refractivity contribution in [1.82, 2.24) is 15.3 Å². The molecule has 0 aliphatic rings. The first kappa shape index (κ1) is 23.9. The highest BCUT2D eigenvalue weighted by atomic mass is 19.1. The van der Waals surface area contributed by atoms with E-state index >= 15 is 0 Å².